The quantitative estimate of drug-likeness (QED) is 0.0243. The number of nitrogens with one attached hydrogen (secondary N) is 1. The van der Waals surface area contributed by atoms with Crippen molar-refractivity contribution < 1.29 is 32.9 Å². The maximum atomic E-state index is 13.0. The van der Waals surface area contributed by atoms with Gasteiger partial charge in [-0.15, -0.1) is 0 Å². The van der Waals surface area contributed by atoms with Crippen LogP contribution in [0.3, 0.4) is 0 Å². The molecular weight excluding hydrogens is 936 g/mol. The van der Waals surface area contributed by atoms with Crippen molar-refractivity contribution in [3.8, 4) is 0 Å². The molecule has 0 bridgehead atoms. The predicted octanol–water partition coefficient (Wildman–Crippen LogP) is 18.3. The van der Waals surface area contributed by atoms with Crippen molar-refractivity contribution in [3.05, 3.63) is 134 Å². The molecule has 3 unspecified atom stereocenters. The molecule has 0 aromatic heterocycles. The molecular formula is C65H112N2O6P+. The number of allylic oxidation sites excluding steroid dienone is 21. The van der Waals surface area contributed by atoms with Gasteiger partial charge in [0.25, 0.3) is 0 Å². The SMILES string of the molecule is CC/C=C\C/C=C\C/C=C\C/C=C\C/C=C\C/C=C\C/C=C\C/C=C\CCCCCCCCCCCCCCCCC(=O)NC(COP(=O)(O)OCC[N+](C)(C)C)C(O)/C=C/CC/C=C/CC/C=C/CCCCC. The molecule has 0 aliphatic heterocycles. The van der Waals surface area contributed by atoms with E-state index in [2.05, 4.69) is 141 Å². The number of rotatable bonds is 52. The summed E-state index contributed by atoms with van der Waals surface area (Å²) < 4.78 is 23.6. The molecule has 0 fully saturated rings. The average Bonchev–Trinajstić information content (AvgIpc) is 3.36. The first-order valence-corrected chi connectivity index (χ1v) is 31.1. The van der Waals surface area contributed by atoms with Crippen molar-refractivity contribution in [1.82, 2.24) is 5.32 Å². The van der Waals surface area contributed by atoms with Gasteiger partial charge in [0.15, 0.2) is 0 Å². The lowest BCUT2D eigenvalue weighted by Gasteiger charge is -2.25. The van der Waals surface area contributed by atoms with Crippen LogP contribution < -0.4 is 5.32 Å². The van der Waals surface area contributed by atoms with Crippen molar-refractivity contribution in [2.24, 2.45) is 0 Å². The highest BCUT2D eigenvalue weighted by atomic mass is 31.2. The molecule has 9 heteroatoms. The summed E-state index contributed by atoms with van der Waals surface area (Å²) in [7, 11) is 1.53. The lowest BCUT2D eigenvalue weighted by atomic mass is 10.0. The van der Waals surface area contributed by atoms with Gasteiger partial charge in [0.05, 0.1) is 39.9 Å². The number of phosphoric ester groups is 1. The van der Waals surface area contributed by atoms with Gasteiger partial charge in [0, 0.05) is 6.42 Å². The summed E-state index contributed by atoms with van der Waals surface area (Å²) in [6, 6.07) is -0.877. The first kappa shape index (κ1) is 70.6. The number of amides is 1. The lowest BCUT2D eigenvalue weighted by molar-refractivity contribution is -0.870. The second kappa shape index (κ2) is 54.4. The van der Waals surface area contributed by atoms with E-state index in [0.717, 1.165) is 103 Å². The molecule has 0 aromatic rings. The Hall–Kier alpha value is -3.36. The molecule has 0 aliphatic rings. The summed E-state index contributed by atoms with van der Waals surface area (Å²) in [6.45, 7) is 4.62. The maximum absolute atomic E-state index is 13.0. The van der Waals surface area contributed by atoms with Gasteiger partial charge in [0.2, 0.25) is 5.91 Å². The molecule has 3 N–H and O–H groups in total. The molecule has 74 heavy (non-hydrogen) atoms. The van der Waals surface area contributed by atoms with Crippen LogP contribution in [0.2, 0.25) is 0 Å². The molecule has 0 heterocycles. The molecule has 0 spiro atoms. The van der Waals surface area contributed by atoms with Crippen LogP contribution in [0.15, 0.2) is 134 Å². The molecule has 422 valence electrons. The summed E-state index contributed by atoms with van der Waals surface area (Å²) in [6.07, 6.45) is 82.8. The van der Waals surface area contributed by atoms with Gasteiger partial charge in [-0.2, -0.15) is 0 Å². The van der Waals surface area contributed by atoms with E-state index >= 15 is 0 Å². The van der Waals surface area contributed by atoms with Gasteiger partial charge in [-0.05, 0) is 109 Å². The Balaban J connectivity index is 4.06. The summed E-state index contributed by atoms with van der Waals surface area (Å²) in [5.74, 6) is -0.198. The molecule has 0 rings (SSSR count). The Bertz CT molecular complexity index is 1660. The Morgan fingerprint density at radius 1 is 0.473 bits per heavy atom. The summed E-state index contributed by atoms with van der Waals surface area (Å²) in [4.78, 5) is 23.2. The van der Waals surface area contributed by atoms with E-state index in [9.17, 15) is 19.4 Å². The van der Waals surface area contributed by atoms with Crippen LogP contribution in [0.1, 0.15) is 219 Å². The normalized spacial score (nSPS) is 14.9. The molecule has 3 atom stereocenters. The van der Waals surface area contributed by atoms with E-state index in [1.54, 1.807) is 6.08 Å². The van der Waals surface area contributed by atoms with Gasteiger partial charge in [0.1, 0.15) is 13.2 Å². The van der Waals surface area contributed by atoms with Crippen LogP contribution >= 0.6 is 7.82 Å². The first-order chi connectivity index (χ1) is 36.0. The fraction of sp³-hybridized carbons (Fsp3) is 0.646. The monoisotopic (exact) mass is 1050 g/mol. The van der Waals surface area contributed by atoms with Crippen LogP contribution in [-0.4, -0.2) is 73.4 Å². The third-order valence-electron chi connectivity index (χ3n) is 12.3. The highest BCUT2D eigenvalue weighted by molar-refractivity contribution is 7.47. The highest BCUT2D eigenvalue weighted by Gasteiger charge is 2.27. The van der Waals surface area contributed by atoms with Gasteiger partial charge >= 0.3 is 7.82 Å². The summed E-state index contributed by atoms with van der Waals surface area (Å²) >= 11 is 0. The van der Waals surface area contributed by atoms with E-state index in [-0.39, 0.29) is 19.1 Å². The average molecular weight is 1050 g/mol. The summed E-state index contributed by atoms with van der Waals surface area (Å²) in [5.41, 5.74) is 0. The second-order valence-electron chi connectivity index (χ2n) is 20.6. The third-order valence-corrected chi connectivity index (χ3v) is 13.3. The first-order valence-electron chi connectivity index (χ1n) is 29.6. The fourth-order valence-corrected chi connectivity index (χ4v) is 8.47. The third kappa shape index (κ3) is 56.4. The number of nitrogens with zero attached hydrogens (tertiary/aromatic N) is 1. The number of aliphatic hydroxyl groups excluding tert-OH is 1. The number of hydrogen-bond donors (Lipinski definition) is 3. The van der Waals surface area contributed by atoms with E-state index < -0.39 is 20.0 Å². The number of aliphatic hydroxyl groups is 1. The van der Waals surface area contributed by atoms with Crippen LogP contribution in [-0.2, 0) is 18.4 Å². The predicted molar refractivity (Wildman–Crippen MR) is 322 cm³/mol. The number of carbonyl (C=O) groups excluding carboxylic acids is 1. The van der Waals surface area contributed by atoms with Crippen molar-refractivity contribution in [1.29, 1.82) is 0 Å². The van der Waals surface area contributed by atoms with Crippen LogP contribution in [0.5, 0.6) is 0 Å². The minimum Gasteiger partial charge on any atom is -0.387 e. The largest absolute Gasteiger partial charge is 0.472 e. The minimum atomic E-state index is -4.36. The van der Waals surface area contributed by atoms with Crippen molar-refractivity contribution in [2.45, 2.75) is 231 Å². The molecule has 0 aliphatic carbocycles. The van der Waals surface area contributed by atoms with Gasteiger partial charge in [-0.1, -0.05) is 237 Å². The number of phosphoric acid groups is 1. The van der Waals surface area contributed by atoms with Crippen LogP contribution in [0.4, 0.5) is 0 Å². The topological polar surface area (TPSA) is 105 Å². The molecule has 0 saturated carbocycles. The molecule has 0 radical (unpaired) electrons. The van der Waals surface area contributed by atoms with Crippen LogP contribution in [0.25, 0.3) is 0 Å². The summed E-state index contributed by atoms with van der Waals surface area (Å²) in [5, 5.41) is 13.9. The van der Waals surface area contributed by atoms with Gasteiger partial charge < -0.3 is 19.8 Å². The molecule has 0 aromatic carbocycles. The Morgan fingerprint density at radius 2 is 0.824 bits per heavy atom. The van der Waals surface area contributed by atoms with Crippen molar-refractivity contribution >= 4 is 13.7 Å². The Morgan fingerprint density at radius 3 is 1.24 bits per heavy atom. The number of likely N-dealkylation sites (N-methyl/N-ethyl adjacent to an activating group) is 1. The van der Waals surface area contributed by atoms with Gasteiger partial charge in [-0.25, -0.2) is 4.57 Å². The molecule has 8 nitrogen and oxygen atoms in total. The maximum Gasteiger partial charge on any atom is 0.472 e. The Labute approximate surface area is 456 Å². The van der Waals surface area contributed by atoms with Gasteiger partial charge in [-0.3, -0.25) is 13.8 Å². The van der Waals surface area contributed by atoms with Crippen LogP contribution in [0, 0.1) is 0 Å². The number of carbonyl (C=O) groups is 1. The Kier molecular flexibility index (Phi) is 52.0. The lowest BCUT2D eigenvalue weighted by Crippen LogP contribution is -2.45. The zero-order valence-electron chi connectivity index (χ0n) is 48.0. The zero-order chi connectivity index (χ0) is 54.2. The van der Waals surface area contributed by atoms with E-state index in [1.165, 1.54) is 96.3 Å². The zero-order valence-corrected chi connectivity index (χ0v) is 48.9. The highest BCUT2D eigenvalue weighted by Crippen LogP contribution is 2.43. The van der Waals surface area contributed by atoms with E-state index in [0.29, 0.717) is 17.4 Å². The van der Waals surface area contributed by atoms with Crippen molar-refractivity contribution in [2.75, 3.05) is 40.9 Å². The minimum absolute atomic E-state index is 0.0479. The number of quaternary nitrogens is 1. The standard InChI is InChI=1S/C65H111N2O6P/c1-6-8-10-12-14-16-18-20-21-22-23-24-25-26-27-28-29-30-31-32-33-34-35-36-37-38-39-40-41-42-43-44-45-47-49-51-53-55-57-59-65(69)66-63(62-73-74(70,71)72-61-60-67(3,4)5)64(68)58-56-54-52-50-48-46-19-17-15-13-11-9-7-2/h8,10,14-17,20-21,23-24,26-27,29-30,32-33,35-36,48,50,56,58,63-64,68H,6-7,9,11-13,18-19,22,25,28,31,34,37-47,49,51-55,57,59-62H2,1-5H3,(H-,66,69,70,71)/p+1/b10-8-,16-14-,17-15+,21-20-,24-23-,27-26-,30-29-,33-32-,36-35-,50-48+,58-56+. The molecule has 1 amide bonds. The van der Waals surface area contributed by atoms with Crippen molar-refractivity contribution in [3.63, 3.8) is 0 Å². The fourth-order valence-electron chi connectivity index (χ4n) is 7.74. The number of hydrogen-bond acceptors (Lipinski definition) is 5. The smallest absolute Gasteiger partial charge is 0.387 e. The number of unbranched alkanes of at least 4 members (excludes halogenated alkanes) is 19. The van der Waals surface area contributed by atoms with E-state index in [1.807, 2.05) is 27.2 Å². The molecule has 0 saturated heterocycles. The van der Waals surface area contributed by atoms with E-state index in [4.69, 9.17) is 9.05 Å². The second-order valence-corrected chi connectivity index (χ2v) is 22.1.